The first-order valence-corrected chi connectivity index (χ1v) is 4.84. The molecule has 13 heavy (non-hydrogen) atoms. The molecule has 0 bridgehead atoms. The molecule has 0 saturated heterocycles. The van der Waals surface area contributed by atoms with Gasteiger partial charge in [0.05, 0.1) is 16.2 Å². The van der Waals surface area contributed by atoms with Crippen molar-refractivity contribution in [1.82, 2.24) is 0 Å². The lowest BCUT2D eigenvalue weighted by atomic mass is 10.2. The van der Waals surface area contributed by atoms with Crippen molar-refractivity contribution in [2.45, 2.75) is 0 Å². The number of carbonyl (C=O) groups is 1. The van der Waals surface area contributed by atoms with E-state index in [1.165, 1.54) is 17.6 Å². The van der Waals surface area contributed by atoms with Gasteiger partial charge in [0.2, 0.25) is 0 Å². The molecular weight excluding hydrogens is 208 g/mol. The maximum absolute atomic E-state index is 10.6. The Labute approximate surface area is 83.8 Å². The Bertz CT molecular complexity index is 430. The largest absolute Gasteiger partial charge is 0.461 e. The molecule has 0 aromatic carbocycles. The van der Waals surface area contributed by atoms with Gasteiger partial charge in [0.25, 0.3) is 0 Å². The summed E-state index contributed by atoms with van der Waals surface area (Å²) >= 11 is 7.40. The fourth-order valence-electron chi connectivity index (χ4n) is 1.09. The normalized spacial score (nSPS) is 10.2. The first-order valence-electron chi connectivity index (χ1n) is 3.59. The highest BCUT2D eigenvalue weighted by atomic mass is 35.5. The van der Waals surface area contributed by atoms with E-state index in [1.54, 1.807) is 12.1 Å². The number of rotatable bonds is 2. The van der Waals surface area contributed by atoms with Gasteiger partial charge >= 0.3 is 0 Å². The van der Waals surface area contributed by atoms with Crippen LogP contribution < -0.4 is 0 Å². The molecule has 0 N–H and O–H groups in total. The van der Waals surface area contributed by atoms with E-state index in [0.717, 1.165) is 10.4 Å². The number of hydrogen-bond donors (Lipinski definition) is 0. The van der Waals surface area contributed by atoms with Crippen LogP contribution in [-0.4, -0.2) is 6.29 Å². The lowest BCUT2D eigenvalue weighted by Crippen LogP contribution is -1.77. The summed E-state index contributed by atoms with van der Waals surface area (Å²) in [5.74, 6) is 0.323. The quantitative estimate of drug-likeness (QED) is 0.714. The molecule has 2 aromatic rings. The summed E-state index contributed by atoms with van der Waals surface area (Å²) in [6.45, 7) is 0. The first kappa shape index (κ1) is 8.53. The predicted molar refractivity (Wildman–Crippen MR) is 52.4 cm³/mol. The summed E-state index contributed by atoms with van der Waals surface area (Å²) in [5, 5.41) is 2.52. The second-order valence-electron chi connectivity index (χ2n) is 2.41. The minimum atomic E-state index is 0.323. The summed E-state index contributed by atoms with van der Waals surface area (Å²) in [6.07, 6.45) is 2.17. The molecule has 2 nitrogen and oxygen atoms in total. The highest BCUT2D eigenvalue weighted by molar-refractivity contribution is 7.14. The molecule has 0 saturated carbocycles. The van der Waals surface area contributed by atoms with E-state index >= 15 is 0 Å². The highest BCUT2D eigenvalue weighted by Gasteiger charge is 2.11. The number of thiophene rings is 1. The molecule has 2 heterocycles. The van der Waals surface area contributed by atoms with Gasteiger partial charge in [0.15, 0.2) is 12.0 Å². The van der Waals surface area contributed by atoms with Crippen LogP contribution >= 0.6 is 22.9 Å². The summed E-state index contributed by atoms with van der Waals surface area (Å²) in [5.41, 5.74) is 0.759. The second-order valence-corrected chi connectivity index (χ2v) is 3.74. The van der Waals surface area contributed by atoms with E-state index < -0.39 is 0 Å². The summed E-state index contributed by atoms with van der Waals surface area (Å²) in [6, 6.07) is 3.53. The van der Waals surface area contributed by atoms with Gasteiger partial charge < -0.3 is 4.42 Å². The van der Waals surface area contributed by atoms with E-state index in [0.29, 0.717) is 17.1 Å². The van der Waals surface area contributed by atoms with Crippen molar-refractivity contribution in [1.29, 1.82) is 0 Å². The SMILES string of the molecule is O=Cc1occc1-c1sccc1Cl. The molecule has 0 aliphatic carbocycles. The molecule has 66 valence electrons. The van der Waals surface area contributed by atoms with E-state index in [9.17, 15) is 4.79 Å². The standard InChI is InChI=1S/C9H5ClO2S/c10-7-2-4-13-9(7)6-1-3-12-8(6)5-11/h1-5H. The molecule has 0 fully saturated rings. The number of carbonyl (C=O) groups excluding carboxylic acids is 1. The smallest absolute Gasteiger partial charge is 0.185 e. The monoisotopic (exact) mass is 212 g/mol. The highest BCUT2D eigenvalue weighted by Crippen LogP contribution is 2.35. The van der Waals surface area contributed by atoms with Crippen LogP contribution in [0.4, 0.5) is 0 Å². The van der Waals surface area contributed by atoms with Crippen LogP contribution in [-0.2, 0) is 0 Å². The van der Waals surface area contributed by atoms with Gasteiger partial charge in [0, 0.05) is 5.56 Å². The van der Waals surface area contributed by atoms with Crippen LogP contribution in [0, 0.1) is 0 Å². The van der Waals surface area contributed by atoms with E-state index in [-0.39, 0.29) is 0 Å². The Hall–Kier alpha value is -1.06. The Morgan fingerprint density at radius 3 is 2.92 bits per heavy atom. The molecular formula is C9H5ClO2S. The van der Waals surface area contributed by atoms with Crippen LogP contribution in [0.1, 0.15) is 10.6 Å². The molecule has 2 aromatic heterocycles. The third kappa shape index (κ3) is 1.41. The van der Waals surface area contributed by atoms with Gasteiger partial charge in [0.1, 0.15) is 0 Å². The van der Waals surface area contributed by atoms with Crippen LogP contribution in [0.3, 0.4) is 0 Å². The van der Waals surface area contributed by atoms with Crippen LogP contribution in [0.25, 0.3) is 10.4 Å². The number of aldehydes is 1. The number of hydrogen-bond acceptors (Lipinski definition) is 3. The van der Waals surface area contributed by atoms with Crippen molar-refractivity contribution in [3.05, 3.63) is 34.6 Å². The van der Waals surface area contributed by atoms with E-state index in [4.69, 9.17) is 16.0 Å². The lowest BCUT2D eigenvalue weighted by molar-refractivity contribution is 0.110. The average molecular weight is 213 g/mol. The Balaban J connectivity index is 2.58. The zero-order valence-electron chi connectivity index (χ0n) is 6.49. The fraction of sp³-hybridized carbons (Fsp3) is 0. The molecule has 0 spiro atoms. The van der Waals surface area contributed by atoms with Gasteiger partial charge in [-0.1, -0.05) is 11.6 Å². The molecule has 0 aliphatic rings. The summed E-state index contributed by atoms with van der Waals surface area (Å²) in [7, 11) is 0. The summed E-state index contributed by atoms with van der Waals surface area (Å²) < 4.78 is 4.97. The maximum atomic E-state index is 10.6. The van der Waals surface area contributed by atoms with Crippen molar-refractivity contribution >= 4 is 29.2 Å². The lowest BCUT2D eigenvalue weighted by Gasteiger charge is -1.93. The first-order chi connectivity index (χ1) is 6.33. The van der Waals surface area contributed by atoms with Gasteiger partial charge in [-0.2, -0.15) is 0 Å². The van der Waals surface area contributed by atoms with E-state index in [1.807, 2.05) is 5.38 Å². The Morgan fingerprint density at radius 1 is 1.46 bits per heavy atom. The van der Waals surface area contributed by atoms with Crippen molar-refractivity contribution in [3.63, 3.8) is 0 Å². The summed E-state index contributed by atoms with van der Waals surface area (Å²) in [4.78, 5) is 11.4. The molecule has 0 unspecified atom stereocenters. The second kappa shape index (κ2) is 3.36. The Kier molecular flexibility index (Phi) is 2.20. The van der Waals surface area contributed by atoms with Gasteiger partial charge in [-0.15, -0.1) is 11.3 Å². The van der Waals surface area contributed by atoms with Crippen molar-refractivity contribution in [2.75, 3.05) is 0 Å². The van der Waals surface area contributed by atoms with E-state index in [2.05, 4.69) is 0 Å². The number of furan rings is 1. The van der Waals surface area contributed by atoms with Crippen molar-refractivity contribution in [2.24, 2.45) is 0 Å². The van der Waals surface area contributed by atoms with Gasteiger partial charge in [-0.3, -0.25) is 4.79 Å². The van der Waals surface area contributed by atoms with Crippen LogP contribution in [0.2, 0.25) is 5.02 Å². The van der Waals surface area contributed by atoms with Crippen LogP contribution in [0.15, 0.2) is 28.2 Å². The van der Waals surface area contributed by atoms with Gasteiger partial charge in [-0.25, -0.2) is 0 Å². The van der Waals surface area contributed by atoms with Crippen molar-refractivity contribution in [3.8, 4) is 10.4 Å². The van der Waals surface area contributed by atoms with Gasteiger partial charge in [-0.05, 0) is 17.5 Å². The fourth-order valence-corrected chi connectivity index (χ4v) is 2.28. The average Bonchev–Trinajstić information content (AvgIpc) is 2.71. The molecule has 2 rings (SSSR count). The zero-order chi connectivity index (χ0) is 9.26. The predicted octanol–water partition coefficient (Wildman–Crippen LogP) is 3.47. The third-order valence-electron chi connectivity index (χ3n) is 1.66. The molecule has 0 atom stereocenters. The molecule has 4 heteroatoms. The zero-order valence-corrected chi connectivity index (χ0v) is 8.06. The number of halogens is 1. The molecule has 0 radical (unpaired) electrons. The molecule has 0 aliphatic heterocycles. The minimum Gasteiger partial charge on any atom is -0.461 e. The molecule has 0 amide bonds. The third-order valence-corrected chi connectivity index (χ3v) is 3.04. The van der Waals surface area contributed by atoms with Crippen LogP contribution in [0.5, 0.6) is 0 Å². The topological polar surface area (TPSA) is 30.2 Å². The minimum absolute atomic E-state index is 0.323. The maximum Gasteiger partial charge on any atom is 0.185 e. The van der Waals surface area contributed by atoms with Crippen molar-refractivity contribution < 1.29 is 9.21 Å². The Morgan fingerprint density at radius 2 is 2.31 bits per heavy atom.